The van der Waals surface area contributed by atoms with Gasteiger partial charge in [-0.15, -0.1) is 0 Å². The second-order valence-electron chi connectivity index (χ2n) is 5.75. The van der Waals surface area contributed by atoms with Crippen molar-refractivity contribution in [2.45, 2.75) is 19.9 Å². The molecule has 3 aromatic rings. The van der Waals surface area contributed by atoms with Gasteiger partial charge in [-0.2, -0.15) is 0 Å². The molecule has 0 bridgehead atoms. The number of non-ortho nitro benzene ring substituents is 1. The van der Waals surface area contributed by atoms with Crippen LogP contribution in [-0.4, -0.2) is 20.5 Å². The van der Waals surface area contributed by atoms with Gasteiger partial charge in [0.15, 0.2) is 5.58 Å². The number of oxazole rings is 1. The average molecular weight is 357 g/mol. The number of anilines is 1. The monoisotopic (exact) mass is 357 g/mol. The highest BCUT2D eigenvalue weighted by Gasteiger charge is 2.15. The number of hydrogen-bond donors (Lipinski definition) is 2. The number of nitro benzene ring substituents is 1. The van der Waals surface area contributed by atoms with E-state index >= 15 is 0 Å². The molecule has 134 valence electrons. The molecule has 9 nitrogen and oxygen atoms in total. The molecule has 0 fully saturated rings. The maximum absolute atomic E-state index is 12.1. The molecule has 1 aromatic heterocycles. The molecule has 0 aliphatic carbocycles. The minimum Gasteiger partial charge on any atom is -0.506 e. The number of nitrogens with zero attached hydrogens (tertiary/aromatic N) is 2. The zero-order valence-corrected chi connectivity index (χ0v) is 13.8. The number of aryl methyl sites for hydroxylation is 2. The van der Waals surface area contributed by atoms with E-state index in [1.54, 1.807) is 12.1 Å². The number of rotatable bonds is 5. The molecule has 0 aliphatic rings. The number of carbonyl (C=O) groups is 1. The maximum atomic E-state index is 12.1. The number of hydrogen-bond acceptors (Lipinski definition) is 6. The summed E-state index contributed by atoms with van der Waals surface area (Å²) in [6.45, 7) is 1.84. The Bertz CT molecular complexity index is 1070. The molecule has 0 radical (unpaired) electrons. The van der Waals surface area contributed by atoms with E-state index in [4.69, 9.17) is 4.42 Å². The number of fused-ring (bicyclic) bond motifs is 1. The molecule has 9 heteroatoms. The number of carbonyl (C=O) groups excluding carboxylic acids is 1. The molecule has 26 heavy (non-hydrogen) atoms. The van der Waals surface area contributed by atoms with Crippen molar-refractivity contribution in [1.29, 1.82) is 0 Å². The number of nitro groups is 1. The smallest absolute Gasteiger partial charge is 0.419 e. The first kappa shape index (κ1) is 17.2. The third-order valence-corrected chi connectivity index (χ3v) is 3.85. The number of benzene rings is 2. The van der Waals surface area contributed by atoms with Crippen molar-refractivity contribution in [3.8, 4) is 5.75 Å². The predicted octanol–water partition coefficient (Wildman–Crippen LogP) is 2.55. The Labute approximate surface area is 146 Å². The molecule has 3 rings (SSSR count). The van der Waals surface area contributed by atoms with Crippen molar-refractivity contribution in [3.63, 3.8) is 0 Å². The Morgan fingerprint density at radius 3 is 2.77 bits per heavy atom. The van der Waals surface area contributed by atoms with Crippen molar-refractivity contribution >= 4 is 28.4 Å². The molecule has 0 unspecified atom stereocenters. The Kier molecular flexibility index (Phi) is 4.44. The van der Waals surface area contributed by atoms with Crippen LogP contribution in [0.3, 0.4) is 0 Å². The maximum Gasteiger partial charge on any atom is 0.419 e. The van der Waals surface area contributed by atoms with E-state index in [0.717, 1.165) is 11.6 Å². The second-order valence-corrected chi connectivity index (χ2v) is 5.75. The van der Waals surface area contributed by atoms with Gasteiger partial charge in [0.2, 0.25) is 5.91 Å². The Balaban J connectivity index is 1.75. The quantitative estimate of drug-likeness (QED) is 0.410. The first-order chi connectivity index (χ1) is 12.3. The fourth-order valence-electron chi connectivity index (χ4n) is 2.55. The largest absolute Gasteiger partial charge is 0.506 e. The molecular formula is C17H15N3O6. The van der Waals surface area contributed by atoms with Crippen molar-refractivity contribution in [3.05, 3.63) is 62.6 Å². The third kappa shape index (κ3) is 3.41. The average Bonchev–Trinajstić information content (AvgIpc) is 2.89. The lowest BCUT2D eigenvalue weighted by Gasteiger charge is -2.08. The van der Waals surface area contributed by atoms with Gasteiger partial charge in [-0.05, 0) is 30.7 Å². The summed E-state index contributed by atoms with van der Waals surface area (Å²) >= 11 is 0. The van der Waals surface area contributed by atoms with E-state index in [2.05, 4.69) is 5.32 Å². The van der Waals surface area contributed by atoms with Gasteiger partial charge < -0.3 is 14.8 Å². The highest BCUT2D eigenvalue weighted by Crippen LogP contribution is 2.24. The molecule has 0 aliphatic heterocycles. The first-order valence-corrected chi connectivity index (χ1v) is 7.72. The number of phenols is 1. The number of aromatic nitrogens is 1. The van der Waals surface area contributed by atoms with Gasteiger partial charge in [-0.25, -0.2) is 4.79 Å². The standard InChI is InChI=1S/C17H15N3O6/c1-10-2-4-12(14(21)8-10)18-16(22)6-7-19-13-5-3-11(20(24)25)9-15(13)26-17(19)23/h2-5,8-9,21H,6-7H2,1H3,(H,18,22). The number of aromatic hydroxyl groups is 1. The van der Waals surface area contributed by atoms with Gasteiger partial charge in [0.1, 0.15) is 5.75 Å². The second kappa shape index (κ2) is 6.71. The molecule has 1 heterocycles. The van der Waals surface area contributed by atoms with Crippen LogP contribution in [0, 0.1) is 17.0 Å². The topological polar surface area (TPSA) is 128 Å². The summed E-state index contributed by atoms with van der Waals surface area (Å²) in [5.41, 5.74) is 1.39. The Morgan fingerprint density at radius 2 is 2.08 bits per heavy atom. The van der Waals surface area contributed by atoms with Gasteiger partial charge in [0.05, 0.1) is 22.2 Å². The molecule has 0 saturated carbocycles. The molecule has 2 N–H and O–H groups in total. The summed E-state index contributed by atoms with van der Waals surface area (Å²) in [4.78, 5) is 34.2. The molecule has 2 aromatic carbocycles. The third-order valence-electron chi connectivity index (χ3n) is 3.85. The van der Waals surface area contributed by atoms with E-state index < -0.39 is 16.6 Å². The first-order valence-electron chi connectivity index (χ1n) is 7.72. The zero-order valence-electron chi connectivity index (χ0n) is 13.8. The Morgan fingerprint density at radius 1 is 1.31 bits per heavy atom. The van der Waals surface area contributed by atoms with Crippen LogP contribution in [0.15, 0.2) is 45.6 Å². The van der Waals surface area contributed by atoms with Gasteiger partial charge >= 0.3 is 5.76 Å². The summed E-state index contributed by atoms with van der Waals surface area (Å²) < 4.78 is 6.23. The van der Waals surface area contributed by atoms with Crippen LogP contribution in [0.4, 0.5) is 11.4 Å². The summed E-state index contributed by atoms with van der Waals surface area (Å²) in [5, 5.41) is 23.2. The summed E-state index contributed by atoms with van der Waals surface area (Å²) in [6, 6.07) is 8.69. The normalized spacial score (nSPS) is 10.8. The Hall–Kier alpha value is -3.62. The summed E-state index contributed by atoms with van der Waals surface area (Å²) in [5.74, 6) is -1.14. The molecule has 0 saturated heterocycles. The number of phenolic OH excluding ortho intramolecular Hbond substituents is 1. The zero-order chi connectivity index (χ0) is 18.8. The highest BCUT2D eigenvalue weighted by atomic mass is 16.6. The number of amides is 1. The lowest BCUT2D eigenvalue weighted by atomic mass is 10.2. The van der Waals surface area contributed by atoms with E-state index in [1.807, 2.05) is 6.92 Å². The fourth-order valence-corrected chi connectivity index (χ4v) is 2.55. The van der Waals surface area contributed by atoms with Gasteiger partial charge in [-0.1, -0.05) is 6.07 Å². The van der Waals surface area contributed by atoms with Crippen molar-refractivity contribution in [2.24, 2.45) is 0 Å². The summed E-state index contributed by atoms with van der Waals surface area (Å²) in [6.07, 6.45) is -0.0428. The SMILES string of the molecule is Cc1ccc(NC(=O)CCn2c(=O)oc3cc([N+](=O)[O-])ccc32)c(O)c1. The lowest BCUT2D eigenvalue weighted by molar-refractivity contribution is -0.384. The molecule has 0 atom stereocenters. The molecular weight excluding hydrogens is 342 g/mol. The molecule has 1 amide bonds. The fraction of sp³-hybridized carbons (Fsp3) is 0.176. The minimum atomic E-state index is -0.702. The molecule has 0 spiro atoms. The van der Waals surface area contributed by atoms with Crippen LogP contribution in [0.1, 0.15) is 12.0 Å². The van der Waals surface area contributed by atoms with E-state index in [-0.39, 0.29) is 35.7 Å². The highest BCUT2D eigenvalue weighted by molar-refractivity contribution is 5.92. The van der Waals surface area contributed by atoms with E-state index in [0.29, 0.717) is 5.52 Å². The van der Waals surface area contributed by atoms with Gasteiger partial charge in [0, 0.05) is 19.0 Å². The predicted molar refractivity (Wildman–Crippen MR) is 93.2 cm³/mol. The van der Waals surface area contributed by atoms with Crippen molar-refractivity contribution in [2.75, 3.05) is 5.32 Å². The van der Waals surface area contributed by atoms with Gasteiger partial charge in [0.25, 0.3) is 5.69 Å². The van der Waals surface area contributed by atoms with E-state index in [1.165, 1.54) is 22.8 Å². The van der Waals surface area contributed by atoms with Crippen LogP contribution < -0.4 is 11.1 Å². The van der Waals surface area contributed by atoms with Crippen LogP contribution in [-0.2, 0) is 11.3 Å². The lowest BCUT2D eigenvalue weighted by Crippen LogP contribution is -2.19. The van der Waals surface area contributed by atoms with E-state index in [9.17, 15) is 24.8 Å². The van der Waals surface area contributed by atoms with Gasteiger partial charge in [-0.3, -0.25) is 19.5 Å². The van der Waals surface area contributed by atoms with Crippen LogP contribution in [0.5, 0.6) is 5.75 Å². The van der Waals surface area contributed by atoms with Crippen LogP contribution >= 0.6 is 0 Å². The van der Waals surface area contributed by atoms with Crippen LogP contribution in [0.2, 0.25) is 0 Å². The number of nitrogens with one attached hydrogen (secondary N) is 1. The van der Waals surface area contributed by atoms with Crippen LogP contribution in [0.25, 0.3) is 11.1 Å². The minimum absolute atomic E-state index is 0.0299. The van der Waals surface area contributed by atoms with Crippen molar-refractivity contribution < 1.29 is 19.2 Å². The summed E-state index contributed by atoms with van der Waals surface area (Å²) in [7, 11) is 0. The van der Waals surface area contributed by atoms with Crippen molar-refractivity contribution in [1.82, 2.24) is 4.57 Å².